The maximum atomic E-state index is 12.2. The zero-order valence-electron chi connectivity index (χ0n) is 62.2. The number of quaternary nitrogens is 11. The average Bonchev–Trinajstić information content (AvgIpc) is 1.75. The van der Waals surface area contributed by atoms with Crippen molar-refractivity contribution in [3.63, 3.8) is 0 Å². The lowest BCUT2D eigenvalue weighted by molar-refractivity contribution is -0.900. The number of hydrogen-bond donors (Lipinski definition) is 14. The van der Waals surface area contributed by atoms with Gasteiger partial charge in [-0.1, -0.05) is 137 Å². The van der Waals surface area contributed by atoms with Crippen molar-refractivity contribution < 1.29 is 130 Å². The van der Waals surface area contributed by atoms with Crippen LogP contribution < -0.4 is 62.2 Å². The molecule has 0 radical (unpaired) electrons. The number of aromatic nitrogens is 1. The second-order valence-electron chi connectivity index (χ2n) is 21.5. The van der Waals surface area contributed by atoms with Gasteiger partial charge in [0.15, 0.2) is 5.12 Å². The first-order valence-electron chi connectivity index (χ1n) is 33.9. The van der Waals surface area contributed by atoms with Crippen LogP contribution in [0.5, 0.6) is 0 Å². The minimum atomic E-state index is -0.274. The summed E-state index contributed by atoms with van der Waals surface area (Å²) in [5.74, 6) is 2.84. The predicted molar refractivity (Wildman–Crippen MR) is 410 cm³/mol. The SMILES string of the molecule is CC(=O)CC[NH3+].CC(=O)OCC[NH3+].CC(=O)SCC[NH3+].CC(C)(C)c1ccc(C(=O)OCC[NH3+])cc1.CCC[NH+](CCC)CCOC(=O)c1csc2ccccc12.[NH3+]CCC=O.[NH3+]CCO.[NH3+]CCOCCO.[NH3+]CCS.[NH3+]CCSC(=O)c1ccccc1.[NH3+]CCSC(=O)c1ccccn1. The fourth-order valence-electron chi connectivity index (χ4n) is 6.52. The Balaban J connectivity index is -0.000000257. The first-order chi connectivity index (χ1) is 48.4. The fraction of sp³-hybridized carbons (Fsp3) is 0.529. The molecule has 0 bridgehead atoms. The molecule has 0 aliphatic heterocycles. The van der Waals surface area contributed by atoms with Crippen LogP contribution in [0.15, 0.2) is 109 Å². The molecule has 33 N–H and O–H groups in total. The summed E-state index contributed by atoms with van der Waals surface area (Å²) in [6, 6.07) is 30.2. The van der Waals surface area contributed by atoms with E-state index in [-0.39, 0.29) is 57.7 Å². The summed E-state index contributed by atoms with van der Waals surface area (Å²) in [4.78, 5) is 91.2. The second kappa shape index (κ2) is 80.1. The number of thiol groups is 1. The minimum absolute atomic E-state index is 0.0271. The number of nitrogens with one attached hydrogen (secondary N) is 1. The van der Waals surface area contributed by atoms with Crippen LogP contribution >= 0.6 is 59.3 Å². The number of thioether (sulfide) groups is 3. The monoisotopic (exact) mass is 1530 g/mol. The van der Waals surface area contributed by atoms with E-state index in [4.69, 9.17) is 24.4 Å². The summed E-state index contributed by atoms with van der Waals surface area (Å²) in [7, 11) is 0. The lowest BCUT2D eigenvalue weighted by atomic mass is 9.87. The standard InChI is InChI=1S/C17H23NO2S.C13H19NO2.C9H11NOS.C8H10N2OS.C4H9NO2.C4H11NO2.C4H9NOS.C4H9NO.C3H7NO.C2H7NO.C2H7NS/c1-3-9-18(10-4-2)11-12-20-17(19)15-13-21-16-8-6-5-7-14(15)16;1-13(2,3)11-6-4-10(5-7-11)12(15)16-9-8-14;10-6-7-12-9(11)8-4-2-1-3-5-8;9-4-6-12-8(11)7-3-1-2-5-10-7;1-4(6)7-3-2-5;5-1-3-7-4-2-6;1-4(6)7-3-2-5;1-4(6)2-3-5;4-2-1-3-5;2*3-1-2-4/h5-8,13H,3-4,9-12H2,1-2H3;4-7H,8-9,14H2,1-3H3;1-5H,6-7,10H2;1-3,5H,4,6,9H2;2-3,5H2,1H3;6H,1-5H2;2-3,5H2,1H3;2-3,5H2,1H3;3H,1-2,4H2;2*4H,1-3H2/p+11. The topological polar surface area (TPSA) is 508 Å². The van der Waals surface area contributed by atoms with Crippen molar-refractivity contribution >= 4 is 115 Å². The summed E-state index contributed by atoms with van der Waals surface area (Å²) in [5, 5.41) is 19.2. The molecule has 0 spiro atoms. The van der Waals surface area contributed by atoms with Crippen LogP contribution in [0.3, 0.4) is 0 Å². The Kier molecular flexibility index (Phi) is 84.3. The van der Waals surface area contributed by atoms with E-state index in [9.17, 15) is 38.4 Å². The van der Waals surface area contributed by atoms with Crippen LogP contribution in [-0.4, -0.2) is 215 Å². The summed E-state index contributed by atoms with van der Waals surface area (Å²) >= 11 is 9.37. The van der Waals surface area contributed by atoms with E-state index in [1.807, 2.05) is 90.3 Å². The summed E-state index contributed by atoms with van der Waals surface area (Å²) in [5.41, 5.74) is 39.3. The van der Waals surface area contributed by atoms with Gasteiger partial charge in [-0.15, -0.1) is 11.3 Å². The molecular weight excluding hydrogens is 1390 g/mol. The van der Waals surface area contributed by atoms with Crippen LogP contribution in [-0.2, 0) is 43.5 Å². The number of rotatable bonds is 31. The van der Waals surface area contributed by atoms with Gasteiger partial charge < -0.3 is 96.2 Å². The molecule has 26 nitrogen and oxygen atoms in total. The third kappa shape index (κ3) is 72.5. The molecule has 101 heavy (non-hydrogen) atoms. The van der Waals surface area contributed by atoms with Crippen molar-refractivity contribution in [3.05, 3.63) is 137 Å². The zero-order valence-corrected chi connectivity index (χ0v) is 66.3. The van der Waals surface area contributed by atoms with Crippen LogP contribution in [0.4, 0.5) is 0 Å². The number of carbonyl (C=O) groups excluding carboxylic acids is 8. The number of Topliss-reactive ketones (excluding diaryl/α,β-unsaturated/α-hetero) is 1. The lowest BCUT2D eigenvalue weighted by Gasteiger charge is -2.18. The van der Waals surface area contributed by atoms with Crippen molar-refractivity contribution in [1.82, 2.24) is 4.98 Å². The van der Waals surface area contributed by atoms with E-state index in [1.54, 1.807) is 43.5 Å². The third-order valence-corrected chi connectivity index (χ3v) is 15.3. The summed E-state index contributed by atoms with van der Waals surface area (Å²) in [6.45, 7) is 28.7. The molecule has 0 saturated carbocycles. The first-order valence-corrected chi connectivity index (χ1v) is 38.4. The molecule has 5 aromatic rings. The van der Waals surface area contributed by atoms with Gasteiger partial charge in [0.05, 0.1) is 133 Å². The highest BCUT2D eigenvalue weighted by Gasteiger charge is 2.16. The number of pyridine rings is 1. The van der Waals surface area contributed by atoms with Crippen LogP contribution in [0.25, 0.3) is 10.1 Å². The Morgan fingerprint density at radius 3 is 1.47 bits per heavy atom. The molecule has 0 saturated heterocycles. The number of ether oxygens (including phenoxy) is 4. The Hall–Kier alpha value is -5.63. The molecule has 0 aliphatic rings. The number of aliphatic hydroxyl groups excluding tert-OH is 2. The highest BCUT2D eigenvalue weighted by molar-refractivity contribution is 8.14. The first kappa shape index (κ1) is 106. The molecule has 0 fully saturated rings. The number of hydrogen-bond acceptors (Lipinski definition) is 20. The van der Waals surface area contributed by atoms with Gasteiger partial charge in [-0.05, 0) is 61.1 Å². The number of aliphatic hydroxyl groups is 2. The lowest BCUT2D eigenvalue weighted by Crippen LogP contribution is -3.12. The minimum Gasteiger partial charge on any atom is -0.460 e. The molecule has 5 rings (SSSR count). The maximum Gasteiger partial charge on any atom is 0.339 e. The number of thiophene rings is 1. The van der Waals surface area contributed by atoms with E-state index in [0.717, 1.165) is 110 Å². The fourth-order valence-corrected chi connectivity index (χ4v) is 9.11. The Labute approximate surface area is 623 Å². The highest BCUT2D eigenvalue weighted by Crippen LogP contribution is 2.26. The van der Waals surface area contributed by atoms with Crippen molar-refractivity contribution in [2.24, 2.45) is 0 Å². The number of carbonyl (C=O) groups is 8. The number of esters is 3. The van der Waals surface area contributed by atoms with Gasteiger partial charge in [0.25, 0.3) is 0 Å². The van der Waals surface area contributed by atoms with Gasteiger partial charge in [0, 0.05) is 46.8 Å². The van der Waals surface area contributed by atoms with Crippen LogP contribution in [0, 0.1) is 0 Å². The van der Waals surface area contributed by atoms with Crippen LogP contribution in [0.2, 0.25) is 0 Å². The van der Waals surface area contributed by atoms with Gasteiger partial charge in [-0.2, -0.15) is 12.6 Å². The quantitative estimate of drug-likeness (QED) is 0.00695. The molecule has 0 aliphatic carbocycles. The van der Waals surface area contributed by atoms with Gasteiger partial charge in [0.1, 0.15) is 57.2 Å². The maximum absolute atomic E-state index is 12.2. The average molecular weight is 1530 g/mol. The molecular formula is C70H133N12O14S5+11. The summed E-state index contributed by atoms with van der Waals surface area (Å²) in [6.07, 6.45) is 6.04. The molecule has 2 aromatic heterocycles. The molecule has 0 unspecified atom stereocenters. The molecule has 576 valence electrons. The molecule has 0 amide bonds. The van der Waals surface area contributed by atoms with Gasteiger partial charge in [0.2, 0.25) is 10.2 Å². The summed E-state index contributed by atoms with van der Waals surface area (Å²) < 4.78 is 20.9. The van der Waals surface area contributed by atoms with E-state index in [2.05, 4.69) is 114 Å². The van der Waals surface area contributed by atoms with E-state index in [0.29, 0.717) is 82.3 Å². The van der Waals surface area contributed by atoms with Crippen LogP contribution in [0.1, 0.15) is 128 Å². The number of ketones is 1. The van der Waals surface area contributed by atoms with Gasteiger partial charge >= 0.3 is 17.9 Å². The van der Waals surface area contributed by atoms with Crippen molar-refractivity contribution in [1.29, 1.82) is 0 Å². The molecule has 0 atom stereocenters. The Morgan fingerprint density at radius 2 is 1.07 bits per heavy atom. The van der Waals surface area contributed by atoms with Gasteiger partial charge in [-0.3, -0.25) is 29.0 Å². The third-order valence-electron chi connectivity index (χ3n) is 11.2. The highest BCUT2D eigenvalue weighted by atomic mass is 32.2. The molecule has 3 aromatic carbocycles. The number of aldehydes is 1. The van der Waals surface area contributed by atoms with E-state index >= 15 is 0 Å². The number of nitrogens with zero attached hydrogens (tertiary/aromatic N) is 1. The normalized spacial score (nSPS) is 9.72. The molecule has 2 heterocycles. The largest absolute Gasteiger partial charge is 0.460 e. The number of benzene rings is 3. The number of fused-ring (bicyclic) bond motifs is 1. The van der Waals surface area contributed by atoms with Gasteiger partial charge in [-0.25, -0.2) is 9.59 Å². The van der Waals surface area contributed by atoms with Crippen molar-refractivity contribution in [2.45, 2.75) is 86.5 Å². The smallest absolute Gasteiger partial charge is 0.339 e. The van der Waals surface area contributed by atoms with E-state index in [1.165, 1.54) is 65.5 Å². The zero-order chi connectivity index (χ0) is 77.8. The second-order valence-corrected chi connectivity index (χ2v) is 26.3. The molecule has 31 heteroatoms. The van der Waals surface area contributed by atoms with Crippen molar-refractivity contribution in [3.8, 4) is 0 Å². The Morgan fingerprint density at radius 1 is 0.554 bits per heavy atom. The van der Waals surface area contributed by atoms with Crippen molar-refractivity contribution in [2.75, 3.05) is 154 Å². The van der Waals surface area contributed by atoms with E-state index < -0.39 is 0 Å². The Bertz CT molecular complexity index is 2660. The predicted octanol–water partition coefficient (Wildman–Crippen LogP) is -2.92.